The Morgan fingerprint density at radius 1 is 1.05 bits per heavy atom. The molecular formula is C16H26N2O2. The minimum Gasteiger partial charge on any atom is -0.342 e. The summed E-state index contributed by atoms with van der Waals surface area (Å²) in [6.45, 7) is 2.72. The second-order valence-corrected chi connectivity index (χ2v) is 6.72. The Kier molecular flexibility index (Phi) is 4.27. The first kappa shape index (κ1) is 13.9. The van der Waals surface area contributed by atoms with E-state index in [2.05, 4.69) is 4.90 Å². The van der Waals surface area contributed by atoms with Crippen LogP contribution in [-0.4, -0.2) is 47.8 Å². The van der Waals surface area contributed by atoms with E-state index >= 15 is 0 Å². The Morgan fingerprint density at radius 2 is 1.90 bits per heavy atom. The number of amides is 2. The summed E-state index contributed by atoms with van der Waals surface area (Å²) in [6.07, 6.45) is 10.1. The lowest BCUT2D eigenvalue weighted by Crippen LogP contribution is -2.54. The minimum atomic E-state index is 0.326. The molecule has 3 rings (SSSR count). The zero-order chi connectivity index (χ0) is 13.9. The molecule has 2 amide bonds. The highest BCUT2D eigenvalue weighted by atomic mass is 16.2. The molecule has 0 aromatic rings. The molecular weight excluding hydrogens is 252 g/mol. The highest BCUT2D eigenvalue weighted by Crippen LogP contribution is 2.38. The summed E-state index contributed by atoms with van der Waals surface area (Å²) >= 11 is 0. The molecule has 0 aromatic heterocycles. The van der Waals surface area contributed by atoms with Crippen molar-refractivity contribution in [3.63, 3.8) is 0 Å². The molecule has 0 aromatic carbocycles. The Labute approximate surface area is 121 Å². The number of nitrogens with zero attached hydrogens (tertiary/aromatic N) is 2. The minimum absolute atomic E-state index is 0.326. The van der Waals surface area contributed by atoms with Gasteiger partial charge in [0.1, 0.15) is 0 Å². The van der Waals surface area contributed by atoms with E-state index < -0.39 is 0 Å². The van der Waals surface area contributed by atoms with E-state index in [1.54, 1.807) is 0 Å². The largest absolute Gasteiger partial charge is 0.342 e. The number of rotatable bonds is 3. The Balaban J connectivity index is 1.69. The second-order valence-electron chi connectivity index (χ2n) is 6.72. The highest BCUT2D eigenvalue weighted by Gasteiger charge is 2.40. The lowest BCUT2D eigenvalue weighted by Gasteiger charge is -2.48. The highest BCUT2D eigenvalue weighted by molar-refractivity contribution is 5.76. The van der Waals surface area contributed by atoms with Gasteiger partial charge < -0.3 is 9.80 Å². The zero-order valence-corrected chi connectivity index (χ0v) is 12.3. The van der Waals surface area contributed by atoms with Gasteiger partial charge in [-0.2, -0.15) is 0 Å². The van der Waals surface area contributed by atoms with E-state index in [-0.39, 0.29) is 0 Å². The summed E-state index contributed by atoms with van der Waals surface area (Å²) in [5.74, 6) is 1.50. The maximum Gasteiger partial charge on any atom is 0.222 e. The van der Waals surface area contributed by atoms with Crippen molar-refractivity contribution in [2.45, 2.75) is 57.4 Å². The van der Waals surface area contributed by atoms with E-state index in [1.807, 2.05) is 4.90 Å². The van der Waals surface area contributed by atoms with Crippen molar-refractivity contribution >= 4 is 12.3 Å². The molecule has 2 heterocycles. The van der Waals surface area contributed by atoms with Crippen molar-refractivity contribution in [3.8, 4) is 0 Å². The van der Waals surface area contributed by atoms with Gasteiger partial charge in [0.15, 0.2) is 0 Å². The number of fused-ring (bicyclic) bond motifs is 1. The van der Waals surface area contributed by atoms with Gasteiger partial charge in [0.2, 0.25) is 12.3 Å². The maximum atomic E-state index is 12.0. The molecule has 0 radical (unpaired) electrons. The molecule has 2 saturated heterocycles. The fourth-order valence-corrected chi connectivity index (χ4v) is 4.57. The number of carbonyl (C=O) groups excluding carboxylic acids is 2. The zero-order valence-electron chi connectivity index (χ0n) is 12.3. The molecule has 0 bridgehead atoms. The Bertz CT molecular complexity index is 369. The molecule has 4 nitrogen and oxygen atoms in total. The average Bonchev–Trinajstić information content (AvgIpc) is 2.49. The van der Waals surface area contributed by atoms with Crippen molar-refractivity contribution in [1.29, 1.82) is 0 Å². The first-order valence-electron chi connectivity index (χ1n) is 8.28. The van der Waals surface area contributed by atoms with Crippen molar-refractivity contribution in [1.82, 2.24) is 9.80 Å². The van der Waals surface area contributed by atoms with E-state index in [1.165, 1.54) is 25.7 Å². The van der Waals surface area contributed by atoms with Gasteiger partial charge in [0, 0.05) is 32.1 Å². The van der Waals surface area contributed by atoms with Gasteiger partial charge in [0.25, 0.3) is 0 Å². The summed E-state index contributed by atoms with van der Waals surface area (Å²) in [5, 5.41) is 0. The predicted octanol–water partition coefficient (Wildman–Crippen LogP) is 2.04. The van der Waals surface area contributed by atoms with Gasteiger partial charge in [-0.15, -0.1) is 0 Å². The van der Waals surface area contributed by atoms with Crippen LogP contribution >= 0.6 is 0 Å². The molecule has 2 aliphatic heterocycles. The van der Waals surface area contributed by atoms with Gasteiger partial charge in [-0.3, -0.25) is 9.59 Å². The fraction of sp³-hybridized carbons (Fsp3) is 0.875. The normalized spacial score (nSPS) is 34.8. The molecule has 3 unspecified atom stereocenters. The number of hydrogen-bond acceptors (Lipinski definition) is 2. The van der Waals surface area contributed by atoms with Crippen molar-refractivity contribution < 1.29 is 9.59 Å². The van der Waals surface area contributed by atoms with E-state index in [4.69, 9.17) is 0 Å². The van der Waals surface area contributed by atoms with Crippen LogP contribution in [0.1, 0.15) is 51.4 Å². The first-order chi connectivity index (χ1) is 9.79. The molecule has 3 atom stereocenters. The van der Waals surface area contributed by atoms with Crippen LogP contribution in [0.5, 0.6) is 0 Å². The van der Waals surface area contributed by atoms with Crippen LogP contribution in [0.25, 0.3) is 0 Å². The van der Waals surface area contributed by atoms with Crippen LogP contribution in [-0.2, 0) is 9.59 Å². The standard InChI is InChI=1S/C16H26N2O2/c19-12-18-10-4-7-13-5-3-6-14(16(13)18)11-17-9-2-1-8-15(17)20/h12-14,16H,1-11H2. The molecule has 112 valence electrons. The van der Waals surface area contributed by atoms with Crippen LogP contribution in [0, 0.1) is 11.8 Å². The van der Waals surface area contributed by atoms with Crippen molar-refractivity contribution in [2.75, 3.05) is 19.6 Å². The lowest BCUT2D eigenvalue weighted by atomic mass is 9.72. The monoisotopic (exact) mass is 278 g/mol. The fourth-order valence-electron chi connectivity index (χ4n) is 4.57. The van der Waals surface area contributed by atoms with Gasteiger partial charge in [-0.05, 0) is 50.4 Å². The SMILES string of the molecule is O=CN1CCCC2CCCC(CN3CCCCC3=O)C21. The lowest BCUT2D eigenvalue weighted by molar-refractivity contribution is -0.135. The molecule has 1 saturated carbocycles. The van der Waals surface area contributed by atoms with E-state index in [0.717, 1.165) is 51.7 Å². The average molecular weight is 278 g/mol. The molecule has 4 heteroatoms. The van der Waals surface area contributed by atoms with Gasteiger partial charge in [-0.1, -0.05) is 6.42 Å². The third-order valence-electron chi connectivity index (χ3n) is 5.50. The molecule has 1 aliphatic carbocycles. The Morgan fingerprint density at radius 3 is 2.70 bits per heavy atom. The molecule has 0 spiro atoms. The molecule has 3 aliphatic rings. The number of piperidine rings is 2. The first-order valence-corrected chi connectivity index (χ1v) is 8.28. The molecule has 3 fully saturated rings. The number of hydrogen-bond donors (Lipinski definition) is 0. The third-order valence-corrected chi connectivity index (χ3v) is 5.50. The van der Waals surface area contributed by atoms with Crippen molar-refractivity contribution in [3.05, 3.63) is 0 Å². The van der Waals surface area contributed by atoms with Crippen LogP contribution in [0.3, 0.4) is 0 Å². The Hall–Kier alpha value is -1.06. The summed E-state index contributed by atoms with van der Waals surface area (Å²) < 4.78 is 0. The van der Waals surface area contributed by atoms with Crippen LogP contribution in [0.15, 0.2) is 0 Å². The summed E-state index contributed by atoms with van der Waals surface area (Å²) in [4.78, 5) is 27.5. The van der Waals surface area contributed by atoms with Crippen LogP contribution in [0.2, 0.25) is 0 Å². The summed E-state index contributed by atoms with van der Waals surface area (Å²) in [7, 11) is 0. The topological polar surface area (TPSA) is 40.6 Å². The molecule has 20 heavy (non-hydrogen) atoms. The van der Waals surface area contributed by atoms with Gasteiger partial charge in [-0.25, -0.2) is 0 Å². The van der Waals surface area contributed by atoms with Crippen molar-refractivity contribution in [2.24, 2.45) is 11.8 Å². The van der Waals surface area contributed by atoms with Crippen LogP contribution < -0.4 is 0 Å². The summed E-state index contributed by atoms with van der Waals surface area (Å²) in [6, 6.07) is 0.393. The second kappa shape index (κ2) is 6.15. The molecule has 0 N–H and O–H groups in total. The maximum absolute atomic E-state index is 12.0. The number of carbonyl (C=O) groups is 2. The smallest absolute Gasteiger partial charge is 0.222 e. The van der Waals surface area contributed by atoms with E-state index in [0.29, 0.717) is 23.8 Å². The quantitative estimate of drug-likeness (QED) is 0.741. The van der Waals surface area contributed by atoms with Gasteiger partial charge in [0.05, 0.1) is 0 Å². The van der Waals surface area contributed by atoms with Gasteiger partial charge >= 0.3 is 0 Å². The third kappa shape index (κ3) is 2.70. The summed E-state index contributed by atoms with van der Waals surface area (Å²) in [5.41, 5.74) is 0. The van der Waals surface area contributed by atoms with Crippen LogP contribution in [0.4, 0.5) is 0 Å². The predicted molar refractivity (Wildman–Crippen MR) is 77.1 cm³/mol. The van der Waals surface area contributed by atoms with E-state index in [9.17, 15) is 9.59 Å². The number of likely N-dealkylation sites (tertiary alicyclic amines) is 2.